The third-order valence-electron chi connectivity index (χ3n) is 5.45. The van der Waals surface area contributed by atoms with E-state index in [9.17, 15) is 15.3 Å². The predicted octanol–water partition coefficient (Wildman–Crippen LogP) is 5.65. The quantitative estimate of drug-likeness (QED) is 0.551. The molecule has 3 aromatic rings. The molecule has 0 aliphatic rings. The molecule has 146 valence electrons. The summed E-state index contributed by atoms with van der Waals surface area (Å²) in [6.07, 6.45) is 0.718. The molecule has 0 heterocycles. The number of benzene rings is 3. The van der Waals surface area contributed by atoms with E-state index >= 15 is 0 Å². The van der Waals surface area contributed by atoms with Crippen molar-refractivity contribution in [2.75, 3.05) is 0 Å². The molecule has 0 aromatic heterocycles. The van der Waals surface area contributed by atoms with Gasteiger partial charge in [-0.3, -0.25) is 0 Å². The highest BCUT2D eigenvalue weighted by Crippen LogP contribution is 2.40. The summed E-state index contributed by atoms with van der Waals surface area (Å²) in [5.74, 6) is 0.735. The Morgan fingerprint density at radius 1 is 0.607 bits per heavy atom. The third kappa shape index (κ3) is 3.99. The van der Waals surface area contributed by atoms with Crippen LogP contribution in [0.1, 0.15) is 49.9 Å². The summed E-state index contributed by atoms with van der Waals surface area (Å²) >= 11 is 0. The van der Waals surface area contributed by atoms with Gasteiger partial charge in [-0.1, -0.05) is 58.0 Å². The van der Waals surface area contributed by atoms with Crippen LogP contribution >= 0.6 is 0 Å². The van der Waals surface area contributed by atoms with E-state index in [1.54, 1.807) is 30.3 Å². The number of rotatable bonds is 4. The first-order valence-corrected chi connectivity index (χ1v) is 9.51. The molecule has 0 amide bonds. The van der Waals surface area contributed by atoms with Crippen molar-refractivity contribution in [3.63, 3.8) is 0 Å². The van der Waals surface area contributed by atoms with Crippen LogP contribution in [0.2, 0.25) is 0 Å². The first-order chi connectivity index (χ1) is 13.1. The molecule has 3 aromatic carbocycles. The molecule has 0 radical (unpaired) electrons. The fourth-order valence-electron chi connectivity index (χ4n) is 3.83. The SMILES string of the molecule is CC(C)(C)c1cc(O)ccc1CC(C)(c1ccc(O)cc1)c1ccc(O)cc1. The lowest BCUT2D eigenvalue weighted by atomic mass is 9.70. The molecule has 0 bridgehead atoms. The summed E-state index contributed by atoms with van der Waals surface area (Å²) in [5.41, 5.74) is 3.93. The minimum absolute atomic E-state index is 0.112. The fraction of sp³-hybridized carbons (Fsp3) is 0.280. The normalized spacial score (nSPS) is 12.1. The molecule has 0 unspecified atom stereocenters. The van der Waals surface area contributed by atoms with Crippen molar-refractivity contribution in [2.24, 2.45) is 0 Å². The van der Waals surface area contributed by atoms with Crippen molar-refractivity contribution in [1.82, 2.24) is 0 Å². The monoisotopic (exact) mass is 376 g/mol. The van der Waals surface area contributed by atoms with Crippen molar-refractivity contribution in [2.45, 2.75) is 44.9 Å². The van der Waals surface area contributed by atoms with Crippen molar-refractivity contribution < 1.29 is 15.3 Å². The minimum atomic E-state index is -0.377. The molecule has 0 atom stereocenters. The van der Waals surface area contributed by atoms with Gasteiger partial charge in [0.05, 0.1) is 0 Å². The van der Waals surface area contributed by atoms with E-state index in [4.69, 9.17) is 0 Å². The highest BCUT2D eigenvalue weighted by molar-refractivity contribution is 5.47. The molecule has 0 aliphatic carbocycles. The first kappa shape index (κ1) is 19.8. The Balaban J connectivity index is 2.16. The van der Waals surface area contributed by atoms with Crippen LogP contribution in [0, 0.1) is 0 Å². The third-order valence-corrected chi connectivity index (χ3v) is 5.45. The maximum absolute atomic E-state index is 10.0. The van der Waals surface area contributed by atoms with E-state index in [0.29, 0.717) is 0 Å². The van der Waals surface area contributed by atoms with Gasteiger partial charge < -0.3 is 15.3 Å². The maximum Gasteiger partial charge on any atom is 0.115 e. The molecule has 0 saturated carbocycles. The summed E-state index contributed by atoms with van der Waals surface area (Å²) in [5, 5.41) is 29.5. The molecular formula is C25H28O3. The second kappa shape index (κ2) is 7.23. The minimum Gasteiger partial charge on any atom is -0.508 e. The van der Waals surface area contributed by atoms with Crippen LogP contribution in [-0.4, -0.2) is 15.3 Å². The lowest BCUT2D eigenvalue weighted by Gasteiger charge is -2.34. The van der Waals surface area contributed by atoms with Crippen LogP contribution in [0.25, 0.3) is 0 Å². The lowest BCUT2D eigenvalue weighted by molar-refractivity contribution is 0.466. The van der Waals surface area contributed by atoms with Crippen LogP contribution in [0.3, 0.4) is 0 Å². The topological polar surface area (TPSA) is 60.7 Å². The second-order valence-electron chi connectivity index (χ2n) is 8.69. The smallest absolute Gasteiger partial charge is 0.115 e. The molecule has 0 spiro atoms. The molecular weight excluding hydrogens is 348 g/mol. The van der Waals surface area contributed by atoms with Crippen LogP contribution in [0.5, 0.6) is 17.2 Å². The van der Waals surface area contributed by atoms with Crippen LogP contribution in [-0.2, 0) is 17.3 Å². The summed E-state index contributed by atoms with van der Waals surface area (Å²) < 4.78 is 0. The van der Waals surface area contributed by atoms with Crippen molar-refractivity contribution >= 4 is 0 Å². The zero-order valence-corrected chi connectivity index (χ0v) is 16.9. The maximum atomic E-state index is 10.0. The first-order valence-electron chi connectivity index (χ1n) is 9.51. The van der Waals surface area contributed by atoms with Crippen LogP contribution in [0.15, 0.2) is 66.7 Å². The van der Waals surface area contributed by atoms with Gasteiger partial charge in [0.15, 0.2) is 0 Å². The largest absolute Gasteiger partial charge is 0.508 e. The van der Waals surface area contributed by atoms with E-state index < -0.39 is 0 Å². The molecule has 3 nitrogen and oxygen atoms in total. The Morgan fingerprint density at radius 2 is 1.04 bits per heavy atom. The summed E-state index contributed by atoms with van der Waals surface area (Å²) in [6, 6.07) is 20.2. The Kier molecular flexibility index (Phi) is 5.12. The number of phenols is 3. The van der Waals surface area contributed by atoms with Gasteiger partial charge in [-0.25, -0.2) is 0 Å². The summed E-state index contributed by atoms with van der Waals surface area (Å²) in [7, 11) is 0. The molecule has 0 aliphatic heterocycles. The van der Waals surface area contributed by atoms with Gasteiger partial charge in [0.1, 0.15) is 17.2 Å². The summed E-state index contributed by atoms with van der Waals surface area (Å²) in [6.45, 7) is 8.60. The predicted molar refractivity (Wildman–Crippen MR) is 113 cm³/mol. The number of hydrogen-bond donors (Lipinski definition) is 3. The average molecular weight is 376 g/mol. The van der Waals surface area contributed by atoms with Gasteiger partial charge >= 0.3 is 0 Å². The zero-order valence-electron chi connectivity index (χ0n) is 16.9. The molecule has 0 fully saturated rings. The Hall–Kier alpha value is -2.94. The number of phenolic OH excluding ortho intramolecular Hbond substituents is 3. The fourth-order valence-corrected chi connectivity index (χ4v) is 3.83. The van der Waals surface area contributed by atoms with Crippen LogP contribution < -0.4 is 0 Å². The van der Waals surface area contributed by atoms with Gasteiger partial charge in [0.2, 0.25) is 0 Å². The van der Waals surface area contributed by atoms with Gasteiger partial charge in [0, 0.05) is 5.41 Å². The van der Waals surface area contributed by atoms with Crippen molar-refractivity contribution in [3.8, 4) is 17.2 Å². The van der Waals surface area contributed by atoms with Gasteiger partial charge in [-0.2, -0.15) is 0 Å². The zero-order chi connectivity index (χ0) is 20.5. The second-order valence-corrected chi connectivity index (χ2v) is 8.69. The highest BCUT2D eigenvalue weighted by Gasteiger charge is 2.32. The standard InChI is InChI=1S/C25H28O3/c1-24(2,3)23-15-22(28)10-5-17(23)16-25(4,18-6-11-20(26)12-7-18)19-8-13-21(27)14-9-19/h5-15,26-28H,16H2,1-4H3. The lowest BCUT2D eigenvalue weighted by Crippen LogP contribution is -2.28. The molecule has 3 rings (SSSR count). The van der Waals surface area contributed by atoms with Crippen LogP contribution in [0.4, 0.5) is 0 Å². The summed E-state index contributed by atoms with van der Waals surface area (Å²) in [4.78, 5) is 0. The number of aromatic hydroxyl groups is 3. The Morgan fingerprint density at radius 3 is 1.46 bits per heavy atom. The van der Waals surface area contributed by atoms with E-state index in [1.807, 2.05) is 36.4 Å². The van der Waals surface area contributed by atoms with Gasteiger partial charge in [-0.05, 0) is 70.5 Å². The van der Waals surface area contributed by atoms with Crippen molar-refractivity contribution in [1.29, 1.82) is 0 Å². The molecule has 28 heavy (non-hydrogen) atoms. The molecule has 0 saturated heterocycles. The van der Waals surface area contributed by atoms with E-state index in [0.717, 1.165) is 28.7 Å². The van der Waals surface area contributed by atoms with Gasteiger partial charge in [0.25, 0.3) is 0 Å². The molecule has 3 heteroatoms. The Bertz CT molecular complexity index is 903. The van der Waals surface area contributed by atoms with E-state index in [2.05, 4.69) is 27.7 Å². The average Bonchev–Trinajstić information content (AvgIpc) is 2.63. The van der Waals surface area contributed by atoms with Crippen molar-refractivity contribution in [3.05, 3.63) is 89.0 Å². The van der Waals surface area contributed by atoms with E-state index in [1.165, 1.54) is 0 Å². The molecule has 3 N–H and O–H groups in total. The van der Waals surface area contributed by atoms with E-state index in [-0.39, 0.29) is 28.1 Å². The highest BCUT2D eigenvalue weighted by atomic mass is 16.3. The number of hydrogen-bond acceptors (Lipinski definition) is 3. The Labute approximate surface area is 166 Å². The van der Waals surface area contributed by atoms with Gasteiger partial charge in [-0.15, -0.1) is 0 Å².